The molecule has 1 heterocycles. The Hall–Kier alpha value is -1.89. The molecule has 7 heteroatoms. The lowest BCUT2D eigenvalue weighted by Gasteiger charge is -2.06. The van der Waals surface area contributed by atoms with Gasteiger partial charge in [0.2, 0.25) is 5.91 Å². The molecule has 0 bridgehead atoms. The number of aromatic amines is 1. The molecule has 1 atom stereocenters. The predicted molar refractivity (Wildman–Crippen MR) is 75.1 cm³/mol. The van der Waals surface area contributed by atoms with Crippen LogP contribution in [-0.2, 0) is 15.6 Å². The first-order chi connectivity index (χ1) is 8.95. The van der Waals surface area contributed by atoms with Crippen LogP contribution in [0.4, 0.5) is 5.69 Å². The van der Waals surface area contributed by atoms with E-state index in [2.05, 4.69) is 15.3 Å². The molecule has 0 saturated heterocycles. The summed E-state index contributed by atoms with van der Waals surface area (Å²) in [7, 11) is -1.49. The van der Waals surface area contributed by atoms with Gasteiger partial charge in [-0.15, -0.1) is 0 Å². The number of rotatable bonds is 4. The minimum atomic E-state index is -1.49. The summed E-state index contributed by atoms with van der Waals surface area (Å²) in [6, 6.07) is 5.22. The maximum atomic E-state index is 12.0. The van der Waals surface area contributed by atoms with Crippen molar-refractivity contribution in [3.8, 4) is 0 Å². The Balaban J connectivity index is 2.15. The number of carbonyl (C=O) groups is 1. The third-order valence-electron chi connectivity index (χ3n) is 2.41. The Morgan fingerprint density at radius 2 is 2.26 bits per heavy atom. The van der Waals surface area contributed by atoms with Gasteiger partial charge in [-0.05, 0) is 32.0 Å². The fourth-order valence-electron chi connectivity index (χ4n) is 1.66. The van der Waals surface area contributed by atoms with Crippen molar-refractivity contribution >= 4 is 33.4 Å². The Labute approximate surface area is 113 Å². The van der Waals surface area contributed by atoms with E-state index in [0.717, 1.165) is 0 Å². The molecule has 0 aliphatic carbocycles. The summed E-state index contributed by atoms with van der Waals surface area (Å²) in [5.74, 6) is -0.360. The smallest absolute Gasteiger partial charge is 0.233 e. The minimum Gasteiger partial charge on any atom is -0.399 e. The van der Waals surface area contributed by atoms with E-state index >= 15 is 0 Å². The van der Waals surface area contributed by atoms with E-state index in [9.17, 15) is 9.00 Å². The molecule has 19 heavy (non-hydrogen) atoms. The molecular weight excluding hydrogens is 264 g/mol. The first-order valence-electron chi connectivity index (χ1n) is 5.88. The van der Waals surface area contributed by atoms with Crippen molar-refractivity contribution in [1.29, 1.82) is 0 Å². The molecule has 6 nitrogen and oxygen atoms in total. The van der Waals surface area contributed by atoms with Gasteiger partial charge in [0.25, 0.3) is 0 Å². The van der Waals surface area contributed by atoms with Gasteiger partial charge in [-0.25, -0.2) is 4.98 Å². The highest BCUT2D eigenvalue weighted by Crippen LogP contribution is 2.16. The molecule has 2 aromatic rings. The van der Waals surface area contributed by atoms with Crippen LogP contribution in [0.1, 0.15) is 13.8 Å². The number of aromatic nitrogens is 2. The molecule has 0 fully saturated rings. The number of benzene rings is 1. The van der Waals surface area contributed by atoms with Gasteiger partial charge in [-0.2, -0.15) is 0 Å². The average molecular weight is 280 g/mol. The molecule has 4 N–H and O–H groups in total. The van der Waals surface area contributed by atoms with Crippen LogP contribution in [0.2, 0.25) is 0 Å². The molecule has 0 radical (unpaired) electrons. The standard InChI is InChI=1S/C12H16N4O2S/c1-7(2)14-11(17)6-19(18)12-15-9-4-3-8(13)5-10(9)16-12/h3-5,7H,6,13H2,1-2H3,(H,14,17)(H,15,16). The largest absolute Gasteiger partial charge is 0.399 e. The highest BCUT2D eigenvalue weighted by Gasteiger charge is 2.14. The number of nitrogen functional groups attached to an aromatic ring is 1. The fourth-order valence-corrected chi connectivity index (χ4v) is 2.54. The summed E-state index contributed by atoms with van der Waals surface area (Å²) in [6.45, 7) is 3.70. The molecule has 1 amide bonds. The van der Waals surface area contributed by atoms with Gasteiger partial charge in [-0.3, -0.25) is 9.00 Å². The van der Waals surface area contributed by atoms with Crippen LogP contribution in [0.15, 0.2) is 23.4 Å². The van der Waals surface area contributed by atoms with E-state index in [1.807, 2.05) is 13.8 Å². The number of carbonyl (C=O) groups excluding carboxylic acids is 1. The van der Waals surface area contributed by atoms with Crippen LogP contribution in [0.25, 0.3) is 11.0 Å². The topological polar surface area (TPSA) is 101 Å². The lowest BCUT2D eigenvalue weighted by molar-refractivity contribution is -0.119. The number of hydrogen-bond acceptors (Lipinski definition) is 4. The van der Waals surface area contributed by atoms with Crippen LogP contribution in [-0.4, -0.2) is 31.9 Å². The molecule has 0 saturated carbocycles. The van der Waals surface area contributed by atoms with Crippen molar-refractivity contribution < 1.29 is 9.00 Å². The van der Waals surface area contributed by atoms with Gasteiger partial charge in [0.15, 0.2) is 5.16 Å². The first kappa shape index (κ1) is 13.5. The quantitative estimate of drug-likeness (QED) is 0.720. The summed E-state index contributed by atoms with van der Waals surface area (Å²) in [5, 5.41) is 2.98. The number of nitrogens with zero attached hydrogens (tertiary/aromatic N) is 1. The normalized spacial score (nSPS) is 12.8. The number of imidazole rings is 1. The lowest BCUT2D eigenvalue weighted by atomic mass is 10.3. The maximum Gasteiger partial charge on any atom is 0.233 e. The molecule has 102 valence electrons. The van der Waals surface area contributed by atoms with Gasteiger partial charge >= 0.3 is 0 Å². The molecule has 1 unspecified atom stereocenters. The second kappa shape index (κ2) is 5.40. The summed E-state index contributed by atoms with van der Waals surface area (Å²) in [4.78, 5) is 18.7. The molecule has 1 aromatic carbocycles. The van der Waals surface area contributed by atoms with Gasteiger partial charge in [0.1, 0.15) is 5.75 Å². The monoisotopic (exact) mass is 280 g/mol. The number of amides is 1. The number of nitrogens with one attached hydrogen (secondary N) is 2. The zero-order valence-electron chi connectivity index (χ0n) is 10.8. The molecule has 2 rings (SSSR count). The van der Waals surface area contributed by atoms with Gasteiger partial charge in [0.05, 0.1) is 21.8 Å². The van der Waals surface area contributed by atoms with Crippen LogP contribution in [0.5, 0.6) is 0 Å². The van der Waals surface area contributed by atoms with E-state index in [1.165, 1.54) is 0 Å². The number of anilines is 1. The van der Waals surface area contributed by atoms with Crippen molar-refractivity contribution in [2.75, 3.05) is 11.5 Å². The molecule has 0 spiro atoms. The van der Waals surface area contributed by atoms with Crippen LogP contribution in [0, 0.1) is 0 Å². The third kappa shape index (κ3) is 3.31. The Morgan fingerprint density at radius 1 is 1.53 bits per heavy atom. The van der Waals surface area contributed by atoms with E-state index in [0.29, 0.717) is 21.9 Å². The zero-order chi connectivity index (χ0) is 14.0. The lowest BCUT2D eigenvalue weighted by Crippen LogP contribution is -2.33. The first-order valence-corrected chi connectivity index (χ1v) is 7.20. The predicted octanol–water partition coefficient (Wildman–Crippen LogP) is 0.777. The third-order valence-corrected chi connectivity index (χ3v) is 3.56. The fraction of sp³-hybridized carbons (Fsp3) is 0.333. The Kier molecular flexibility index (Phi) is 3.84. The Bertz CT molecular complexity index is 636. The maximum absolute atomic E-state index is 12.0. The number of hydrogen-bond donors (Lipinski definition) is 3. The zero-order valence-corrected chi connectivity index (χ0v) is 11.6. The highest BCUT2D eigenvalue weighted by molar-refractivity contribution is 7.85. The van der Waals surface area contributed by atoms with Gasteiger partial charge in [0, 0.05) is 11.7 Å². The van der Waals surface area contributed by atoms with Crippen molar-refractivity contribution in [1.82, 2.24) is 15.3 Å². The number of fused-ring (bicyclic) bond motifs is 1. The van der Waals surface area contributed by atoms with Gasteiger partial charge in [-0.1, -0.05) is 0 Å². The second-order valence-corrected chi connectivity index (χ2v) is 5.90. The van der Waals surface area contributed by atoms with E-state index < -0.39 is 10.8 Å². The molecule has 0 aliphatic rings. The summed E-state index contributed by atoms with van der Waals surface area (Å²) >= 11 is 0. The minimum absolute atomic E-state index is 0.0278. The van der Waals surface area contributed by atoms with Crippen molar-refractivity contribution in [2.24, 2.45) is 0 Å². The van der Waals surface area contributed by atoms with Crippen molar-refractivity contribution in [3.05, 3.63) is 18.2 Å². The van der Waals surface area contributed by atoms with E-state index in [-0.39, 0.29) is 17.7 Å². The number of H-pyrrole nitrogens is 1. The summed E-state index contributed by atoms with van der Waals surface area (Å²) in [5.41, 5.74) is 7.66. The SMILES string of the molecule is CC(C)NC(=O)CS(=O)c1nc2ccc(N)cc2[nH]1. The van der Waals surface area contributed by atoms with Gasteiger partial charge < -0.3 is 16.0 Å². The van der Waals surface area contributed by atoms with Crippen molar-refractivity contribution in [3.63, 3.8) is 0 Å². The molecule has 0 aliphatic heterocycles. The summed E-state index contributed by atoms with van der Waals surface area (Å²) < 4.78 is 12.0. The molecule has 1 aromatic heterocycles. The van der Waals surface area contributed by atoms with Crippen LogP contribution >= 0.6 is 0 Å². The van der Waals surface area contributed by atoms with Crippen LogP contribution < -0.4 is 11.1 Å². The summed E-state index contributed by atoms with van der Waals surface area (Å²) in [6.07, 6.45) is 0. The van der Waals surface area contributed by atoms with E-state index in [4.69, 9.17) is 5.73 Å². The van der Waals surface area contributed by atoms with E-state index in [1.54, 1.807) is 18.2 Å². The average Bonchev–Trinajstić information content (AvgIpc) is 2.70. The van der Waals surface area contributed by atoms with Crippen LogP contribution in [0.3, 0.4) is 0 Å². The highest BCUT2D eigenvalue weighted by atomic mass is 32.2. The second-order valence-electron chi connectivity index (χ2n) is 4.53. The Morgan fingerprint density at radius 3 is 2.95 bits per heavy atom. The molecular formula is C12H16N4O2S. The number of nitrogens with two attached hydrogens (primary N) is 1. The van der Waals surface area contributed by atoms with Crippen molar-refractivity contribution in [2.45, 2.75) is 25.0 Å².